The van der Waals surface area contributed by atoms with E-state index in [0.29, 0.717) is 12.6 Å². The molecule has 122 valence electrons. The zero-order valence-corrected chi connectivity index (χ0v) is 13.6. The first-order valence-electron chi connectivity index (χ1n) is 8.53. The molecule has 2 rings (SSSR count). The highest BCUT2D eigenvalue weighted by molar-refractivity contribution is 5.73. The molecule has 2 fully saturated rings. The van der Waals surface area contributed by atoms with E-state index in [4.69, 9.17) is 0 Å². The number of aliphatic hydroxyl groups excluding tert-OH is 1. The first-order chi connectivity index (χ1) is 10.1. The highest BCUT2D eigenvalue weighted by Crippen LogP contribution is 2.26. The monoisotopic (exact) mass is 297 g/mol. The molecule has 5 heteroatoms. The fraction of sp³-hybridized carbons (Fsp3) is 0.938. The summed E-state index contributed by atoms with van der Waals surface area (Å²) in [5.41, 5.74) is 0. The molecule has 0 spiro atoms. The maximum Gasteiger partial charge on any atom is 0.317 e. The topological polar surface area (TPSA) is 55.8 Å². The molecule has 1 heterocycles. The minimum Gasteiger partial charge on any atom is -0.393 e. The molecular weight excluding hydrogens is 266 g/mol. The number of likely N-dealkylation sites (N-methyl/N-ethyl adjacent to an activating group) is 1. The van der Waals surface area contributed by atoms with E-state index in [1.807, 2.05) is 7.05 Å². The normalized spacial score (nSPS) is 30.3. The minimum absolute atomic E-state index is 0.00396. The van der Waals surface area contributed by atoms with Gasteiger partial charge in [0, 0.05) is 32.1 Å². The van der Waals surface area contributed by atoms with Gasteiger partial charge in [-0.25, -0.2) is 4.79 Å². The van der Waals surface area contributed by atoms with Crippen LogP contribution in [0.15, 0.2) is 0 Å². The van der Waals surface area contributed by atoms with Crippen molar-refractivity contribution in [1.29, 1.82) is 0 Å². The van der Waals surface area contributed by atoms with Crippen molar-refractivity contribution < 1.29 is 9.90 Å². The lowest BCUT2D eigenvalue weighted by atomic mass is 10.0. The second-order valence-corrected chi connectivity index (χ2v) is 6.60. The number of aliphatic hydroxyl groups is 1. The van der Waals surface area contributed by atoms with Crippen molar-refractivity contribution in [2.75, 3.05) is 33.2 Å². The van der Waals surface area contributed by atoms with Crippen LogP contribution in [0.4, 0.5) is 4.79 Å². The number of hydrogen-bond acceptors (Lipinski definition) is 3. The minimum atomic E-state index is -0.228. The van der Waals surface area contributed by atoms with Gasteiger partial charge in [0.15, 0.2) is 0 Å². The van der Waals surface area contributed by atoms with Crippen molar-refractivity contribution in [2.45, 2.75) is 57.6 Å². The maximum absolute atomic E-state index is 12.2. The Morgan fingerprint density at radius 1 is 1.29 bits per heavy atom. The van der Waals surface area contributed by atoms with Gasteiger partial charge < -0.3 is 15.3 Å². The lowest BCUT2D eigenvalue weighted by molar-refractivity contribution is 0.112. The third kappa shape index (κ3) is 4.58. The average molecular weight is 297 g/mol. The fourth-order valence-electron chi connectivity index (χ4n) is 3.71. The highest BCUT2D eigenvalue weighted by atomic mass is 16.3. The number of carbonyl (C=O) groups is 1. The van der Waals surface area contributed by atoms with Crippen molar-refractivity contribution in [3.8, 4) is 0 Å². The molecule has 1 aliphatic heterocycles. The summed E-state index contributed by atoms with van der Waals surface area (Å²) in [5.74, 6) is 0.252. The van der Waals surface area contributed by atoms with Crippen molar-refractivity contribution in [3.05, 3.63) is 0 Å². The molecule has 0 aromatic rings. The fourth-order valence-corrected chi connectivity index (χ4v) is 3.71. The molecule has 0 aromatic heterocycles. The number of hydrogen-bond donors (Lipinski definition) is 2. The summed E-state index contributed by atoms with van der Waals surface area (Å²) in [4.78, 5) is 16.4. The van der Waals surface area contributed by atoms with Crippen LogP contribution in [0.3, 0.4) is 0 Å². The van der Waals surface area contributed by atoms with Crippen LogP contribution in [0.5, 0.6) is 0 Å². The van der Waals surface area contributed by atoms with Crippen LogP contribution in [0.25, 0.3) is 0 Å². The Hall–Kier alpha value is -0.810. The van der Waals surface area contributed by atoms with E-state index in [0.717, 1.165) is 38.9 Å². The Bertz CT molecular complexity index is 337. The Labute approximate surface area is 128 Å². The van der Waals surface area contributed by atoms with Crippen molar-refractivity contribution in [3.63, 3.8) is 0 Å². The van der Waals surface area contributed by atoms with E-state index in [1.54, 1.807) is 4.90 Å². The highest BCUT2D eigenvalue weighted by Gasteiger charge is 2.28. The van der Waals surface area contributed by atoms with Gasteiger partial charge in [0.2, 0.25) is 0 Å². The number of carbonyl (C=O) groups excluding carboxylic acids is 1. The number of rotatable bonds is 5. The van der Waals surface area contributed by atoms with Gasteiger partial charge in [0.1, 0.15) is 0 Å². The van der Waals surface area contributed by atoms with Gasteiger partial charge in [-0.2, -0.15) is 0 Å². The molecule has 2 N–H and O–H groups in total. The summed E-state index contributed by atoms with van der Waals surface area (Å²) >= 11 is 0. The number of nitrogens with one attached hydrogen (secondary N) is 1. The van der Waals surface area contributed by atoms with Gasteiger partial charge in [-0.3, -0.25) is 4.90 Å². The van der Waals surface area contributed by atoms with Crippen LogP contribution in [0, 0.1) is 5.92 Å². The smallest absolute Gasteiger partial charge is 0.317 e. The van der Waals surface area contributed by atoms with Crippen LogP contribution in [-0.4, -0.2) is 66.3 Å². The van der Waals surface area contributed by atoms with Crippen molar-refractivity contribution in [1.82, 2.24) is 15.1 Å². The zero-order valence-electron chi connectivity index (χ0n) is 13.6. The van der Waals surface area contributed by atoms with Gasteiger partial charge in [-0.05, 0) is 38.8 Å². The number of likely N-dealkylation sites (tertiary alicyclic amines) is 1. The predicted molar refractivity (Wildman–Crippen MR) is 84.3 cm³/mol. The van der Waals surface area contributed by atoms with Crippen LogP contribution in [0.2, 0.25) is 0 Å². The lowest BCUT2D eigenvalue weighted by Gasteiger charge is -2.35. The molecule has 1 saturated carbocycles. The van der Waals surface area contributed by atoms with E-state index >= 15 is 0 Å². The summed E-state index contributed by atoms with van der Waals surface area (Å²) < 4.78 is 0. The molecule has 0 bridgehead atoms. The van der Waals surface area contributed by atoms with E-state index in [1.165, 1.54) is 19.3 Å². The molecule has 1 aliphatic carbocycles. The van der Waals surface area contributed by atoms with Crippen LogP contribution >= 0.6 is 0 Å². The summed E-state index contributed by atoms with van der Waals surface area (Å²) in [7, 11) is 1.83. The number of piperidine rings is 1. The second kappa shape index (κ2) is 7.99. The average Bonchev–Trinajstić information content (AvgIpc) is 2.90. The molecule has 2 amide bonds. The molecule has 3 atom stereocenters. The van der Waals surface area contributed by atoms with Gasteiger partial charge in [0.05, 0.1) is 6.10 Å². The van der Waals surface area contributed by atoms with Crippen LogP contribution < -0.4 is 5.32 Å². The predicted octanol–water partition coefficient (Wildman–Crippen LogP) is 1.66. The standard InChI is InChI=1S/C16H31N3O2/c1-3-19-10-5-4-8-14(19)11-17-16(21)18(2)12-13-7-6-9-15(13)20/h13-15,20H,3-12H2,1-2H3,(H,17,21). The number of nitrogens with zero attached hydrogens (tertiary/aromatic N) is 2. The SMILES string of the molecule is CCN1CCCCC1CNC(=O)N(C)CC1CCCC1O. The molecular formula is C16H31N3O2. The van der Waals surface area contributed by atoms with Gasteiger partial charge >= 0.3 is 6.03 Å². The summed E-state index contributed by atoms with van der Waals surface area (Å²) in [5, 5.41) is 12.9. The van der Waals surface area contributed by atoms with E-state index < -0.39 is 0 Å². The Balaban J connectivity index is 1.72. The molecule has 21 heavy (non-hydrogen) atoms. The Morgan fingerprint density at radius 2 is 2.10 bits per heavy atom. The van der Waals surface area contributed by atoms with E-state index in [2.05, 4.69) is 17.1 Å². The van der Waals surface area contributed by atoms with Gasteiger partial charge in [-0.15, -0.1) is 0 Å². The third-order valence-corrected chi connectivity index (χ3v) is 5.12. The van der Waals surface area contributed by atoms with E-state index in [-0.39, 0.29) is 18.1 Å². The second-order valence-electron chi connectivity index (χ2n) is 6.60. The molecule has 2 aliphatic rings. The van der Waals surface area contributed by atoms with Crippen LogP contribution in [-0.2, 0) is 0 Å². The molecule has 0 aromatic carbocycles. The largest absolute Gasteiger partial charge is 0.393 e. The number of urea groups is 1. The third-order valence-electron chi connectivity index (χ3n) is 5.12. The van der Waals surface area contributed by atoms with Gasteiger partial charge in [-0.1, -0.05) is 19.8 Å². The summed E-state index contributed by atoms with van der Waals surface area (Å²) in [6.07, 6.45) is 6.49. The first kappa shape index (κ1) is 16.6. The maximum atomic E-state index is 12.2. The van der Waals surface area contributed by atoms with Crippen molar-refractivity contribution in [2.24, 2.45) is 5.92 Å². The van der Waals surface area contributed by atoms with Crippen LogP contribution in [0.1, 0.15) is 45.4 Å². The molecule has 3 unspecified atom stereocenters. The first-order valence-corrected chi connectivity index (χ1v) is 8.53. The molecule has 0 radical (unpaired) electrons. The Kier molecular flexibility index (Phi) is 6.30. The molecule has 1 saturated heterocycles. The van der Waals surface area contributed by atoms with Crippen molar-refractivity contribution >= 4 is 6.03 Å². The van der Waals surface area contributed by atoms with Gasteiger partial charge in [0.25, 0.3) is 0 Å². The lowest BCUT2D eigenvalue weighted by Crippen LogP contribution is -2.49. The quantitative estimate of drug-likeness (QED) is 0.811. The number of amides is 2. The van der Waals surface area contributed by atoms with E-state index in [9.17, 15) is 9.90 Å². The zero-order chi connectivity index (χ0) is 15.2. The summed E-state index contributed by atoms with van der Waals surface area (Å²) in [6, 6.07) is 0.480. The molecule has 5 nitrogen and oxygen atoms in total. The Morgan fingerprint density at radius 3 is 2.76 bits per heavy atom. The summed E-state index contributed by atoms with van der Waals surface area (Å²) in [6.45, 7) is 5.80.